The molecule has 0 aliphatic carbocycles. The SMILES string of the molecule is CCCCOc1ccc(C2C(=C(O)c3ccc(OC)c(C)c3)C(=O)C(=O)N2CCN(CC)CC)cc1. The van der Waals surface area contributed by atoms with Crippen molar-refractivity contribution in [3.8, 4) is 11.5 Å². The summed E-state index contributed by atoms with van der Waals surface area (Å²) in [6, 6.07) is 12.0. The van der Waals surface area contributed by atoms with Gasteiger partial charge in [0.2, 0.25) is 0 Å². The summed E-state index contributed by atoms with van der Waals surface area (Å²) in [6.45, 7) is 11.5. The molecule has 2 aromatic carbocycles. The molecule has 1 amide bonds. The Balaban J connectivity index is 2.04. The predicted octanol–water partition coefficient (Wildman–Crippen LogP) is 4.95. The summed E-state index contributed by atoms with van der Waals surface area (Å²) in [6.07, 6.45) is 2.01. The number of hydrogen-bond acceptors (Lipinski definition) is 6. The van der Waals surface area contributed by atoms with E-state index in [0.29, 0.717) is 31.0 Å². The lowest BCUT2D eigenvalue weighted by Crippen LogP contribution is -2.38. The lowest BCUT2D eigenvalue weighted by Gasteiger charge is -2.28. The number of aliphatic hydroxyl groups is 1. The van der Waals surface area contributed by atoms with Gasteiger partial charge in [-0.15, -0.1) is 0 Å². The maximum atomic E-state index is 13.3. The van der Waals surface area contributed by atoms with Crippen molar-refractivity contribution in [2.75, 3.05) is 39.9 Å². The van der Waals surface area contributed by atoms with Crippen molar-refractivity contribution in [3.63, 3.8) is 0 Å². The molecule has 3 rings (SSSR count). The number of hydrogen-bond donors (Lipinski definition) is 1. The highest BCUT2D eigenvalue weighted by Crippen LogP contribution is 2.40. The lowest BCUT2D eigenvalue weighted by molar-refractivity contribution is -0.140. The second-order valence-corrected chi connectivity index (χ2v) is 8.97. The third-order valence-electron chi connectivity index (χ3n) is 6.72. The number of ketones is 1. The fraction of sp³-hybridized carbons (Fsp3) is 0.448. The average molecular weight is 495 g/mol. The van der Waals surface area contributed by atoms with Crippen LogP contribution in [0.2, 0.25) is 0 Å². The number of ether oxygens (including phenoxy) is 2. The minimum atomic E-state index is -0.687. The second kappa shape index (κ2) is 12.6. The van der Waals surface area contributed by atoms with E-state index in [4.69, 9.17) is 9.47 Å². The topological polar surface area (TPSA) is 79.3 Å². The quantitative estimate of drug-likeness (QED) is 0.195. The van der Waals surface area contributed by atoms with Crippen LogP contribution >= 0.6 is 0 Å². The van der Waals surface area contributed by atoms with Crippen LogP contribution in [0.5, 0.6) is 11.5 Å². The molecule has 36 heavy (non-hydrogen) atoms. The van der Waals surface area contributed by atoms with E-state index in [0.717, 1.165) is 42.8 Å². The monoisotopic (exact) mass is 494 g/mol. The number of nitrogens with zero attached hydrogens (tertiary/aromatic N) is 2. The molecular formula is C29H38N2O5. The maximum absolute atomic E-state index is 13.3. The van der Waals surface area contributed by atoms with Gasteiger partial charge in [-0.25, -0.2) is 0 Å². The second-order valence-electron chi connectivity index (χ2n) is 8.97. The van der Waals surface area contributed by atoms with Crippen LogP contribution in [0, 0.1) is 6.92 Å². The van der Waals surface area contributed by atoms with Gasteiger partial charge in [-0.3, -0.25) is 9.59 Å². The fourth-order valence-electron chi connectivity index (χ4n) is 4.51. The summed E-state index contributed by atoms with van der Waals surface area (Å²) in [5, 5.41) is 11.3. The number of carbonyl (C=O) groups is 2. The van der Waals surface area contributed by atoms with Crippen LogP contribution < -0.4 is 9.47 Å². The lowest BCUT2D eigenvalue weighted by atomic mass is 9.94. The van der Waals surface area contributed by atoms with Gasteiger partial charge in [0, 0.05) is 18.7 Å². The summed E-state index contributed by atoms with van der Waals surface area (Å²) >= 11 is 0. The Morgan fingerprint density at radius 2 is 1.75 bits per heavy atom. The van der Waals surface area contributed by atoms with Crippen molar-refractivity contribution >= 4 is 17.4 Å². The predicted molar refractivity (Wildman–Crippen MR) is 141 cm³/mol. The Kier molecular flexibility index (Phi) is 9.53. The Labute approximate surface area is 214 Å². The van der Waals surface area contributed by atoms with Crippen LogP contribution in [0.4, 0.5) is 0 Å². The highest BCUT2D eigenvalue weighted by Gasteiger charge is 2.46. The molecule has 1 N–H and O–H groups in total. The molecule has 7 heteroatoms. The molecule has 194 valence electrons. The fourth-order valence-corrected chi connectivity index (χ4v) is 4.51. The molecule has 0 aromatic heterocycles. The smallest absolute Gasteiger partial charge is 0.295 e. The van der Waals surface area contributed by atoms with Crippen molar-refractivity contribution < 1.29 is 24.2 Å². The standard InChI is InChI=1S/C29H38N2O5/c1-6-9-18-36-23-13-10-21(11-14-23)26-25(27(32)22-12-15-24(35-5)20(4)19-22)28(33)29(34)31(26)17-16-30(7-2)8-3/h10-15,19,26,32H,6-9,16-18H2,1-5H3. The van der Waals surface area contributed by atoms with Gasteiger partial charge < -0.3 is 24.4 Å². The number of carbonyl (C=O) groups excluding carboxylic acids is 2. The molecule has 1 aliphatic heterocycles. The number of benzene rings is 2. The Hall–Kier alpha value is -3.32. The van der Waals surface area contributed by atoms with E-state index < -0.39 is 17.7 Å². The highest BCUT2D eigenvalue weighted by atomic mass is 16.5. The summed E-state index contributed by atoms with van der Waals surface area (Å²) in [5.41, 5.74) is 2.15. The molecule has 1 fully saturated rings. The van der Waals surface area contributed by atoms with E-state index in [1.165, 1.54) is 0 Å². The number of likely N-dealkylation sites (tertiary alicyclic amines) is 1. The number of likely N-dealkylation sites (N-methyl/N-ethyl adjacent to an activating group) is 1. The zero-order valence-corrected chi connectivity index (χ0v) is 22.0. The van der Waals surface area contributed by atoms with Gasteiger partial charge in [-0.05, 0) is 67.9 Å². The molecule has 2 aromatic rings. The first-order valence-electron chi connectivity index (χ1n) is 12.7. The van der Waals surface area contributed by atoms with Crippen molar-refractivity contribution in [2.45, 2.75) is 46.6 Å². The van der Waals surface area contributed by atoms with Crippen LogP contribution in [0.15, 0.2) is 48.0 Å². The van der Waals surface area contributed by atoms with Gasteiger partial charge in [0.25, 0.3) is 11.7 Å². The van der Waals surface area contributed by atoms with E-state index in [1.54, 1.807) is 30.2 Å². The third kappa shape index (κ3) is 5.90. The van der Waals surface area contributed by atoms with Crippen LogP contribution in [0.1, 0.15) is 56.3 Å². The molecular weight excluding hydrogens is 456 g/mol. The molecule has 1 aliphatic rings. The summed E-state index contributed by atoms with van der Waals surface area (Å²) in [5.74, 6) is -0.0341. The number of aryl methyl sites for hydroxylation is 1. The zero-order chi connectivity index (χ0) is 26.2. The Bertz CT molecular complexity index is 1090. The zero-order valence-electron chi connectivity index (χ0n) is 22.0. The van der Waals surface area contributed by atoms with Crippen LogP contribution in [-0.2, 0) is 9.59 Å². The molecule has 1 unspecified atom stereocenters. The van der Waals surface area contributed by atoms with Gasteiger partial charge in [0.1, 0.15) is 17.3 Å². The van der Waals surface area contributed by atoms with E-state index in [9.17, 15) is 14.7 Å². The number of Topliss-reactive ketones (excluding diaryl/α,β-unsaturated/α-hetero) is 1. The molecule has 1 heterocycles. The van der Waals surface area contributed by atoms with Crippen molar-refractivity contribution in [3.05, 3.63) is 64.7 Å². The van der Waals surface area contributed by atoms with Crippen LogP contribution in [0.25, 0.3) is 5.76 Å². The molecule has 0 bridgehead atoms. The van der Waals surface area contributed by atoms with E-state index in [2.05, 4.69) is 25.7 Å². The maximum Gasteiger partial charge on any atom is 0.295 e. The van der Waals surface area contributed by atoms with Crippen molar-refractivity contribution in [2.24, 2.45) is 0 Å². The average Bonchev–Trinajstić information content (AvgIpc) is 3.14. The Morgan fingerprint density at radius 3 is 2.33 bits per heavy atom. The first-order valence-corrected chi connectivity index (χ1v) is 12.7. The highest BCUT2D eigenvalue weighted by molar-refractivity contribution is 6.46. The normalized spacial score (nSPS) is 17.2. The number of aliphatic hydroxyl groups excluding tert-OH is 1. The third-order valence-corrected chi connectivity index (χ3v) is 6.72. The summed E-state index contributed by atoms with van der Waals surface area (Å²) in [4.78, 5) is 30.3. The van der Waals surface area contributed by atoms with E-state index in [1.807, 2.05) is 31.2 Å². The van der Waals surface area contributed by atoms with Gasteiger partial charge in [-0.1, -0.05) is 39.3 Å². The van der Waals surface area contributed by atoms with Gasteiger partial charge in [0.05, 0.1) is 25.3 Å². The summed E-state index contributed by atoms with van der Waals surface area (Å²) < 4.78 is 11.1. The molecule has 1 atom stereocenters. The Morgan fingerprint density at radius 1 is 1.06 bits per heavy atom. The van der Waals surface area contributed by atoms with Crippen LogP contribution in [-0.4, -0.2) is 66.5 Å². The number of amides is 1. The number of rotatable bonds is 12. The number of unbranched alkanes of at least 4 members (excludes halogenated alkanes) is 1. The van der Waals surface area contributed by atoms with E-state index in [-0.39, 0.29) is 11.3 Å². The largest absolute Gasteiger partial charge is 0.507 e. The van der Waals surface area contributed by atoms with Crippen LogP contribution in [0.3, 0.4) is 0 Å². The summed E-state index contributed by atoms with van der Waals surface area (Å²) in [7, 11) is 1.58. The minimum absolute atomic E-state index is 0.101. The first-order chi connectivity index (χ1) is 17.4. The molecule has 7 nitrogen and oxygen atoms in total. The van der Waals surface area contributed by atoms with Gasteiger partial charge >= 0.3 is 0 Å². The van der Waals surface area contributed by atoms with E-state index >= 15 is 0 Å². The first kappa shape index (κ1) is 27.3. The van der Waals surface area contributed by atoms with Gasteiger partial charge in [-0.2, -0.15) is 0 Å². The number of methoxy groups -OCH3 is 1. The molecule has 1 saturated heterocycles. The molecule has 0 saturated carbocycles. The molecule has 0 radical (unpaired) electrons. The van der Waals surface area contributed by atoms with Gasteiger partial charge in [0.15, 0.2) is 0 Å². The minimum Gasteiger partial charge on any atom is -0.507 e. The van der Waals surface area contributed by atoms with Crippen molar-refractivity contribution in [1.29, 1.82) is 0 Å². The van der Waals surface area contributed by atoms with Crippen molar-refractivity contribution in [1.82, 2.24) is 9.80 Å². The molecule has 0 spiro atoms.